The number of ether oxygens (including phenoxy) is 1. The first-order valence-corrected chi connectivity index (χ1v) is 11.8. The van der Waals surface area contributed by atoms with Crippen molar-refractivity contribution in [2.24, 2.45) is 0 Å². The molecule has 1 aliphatic heterocycles. The number of aliphatic hydroxyl groups excluding tert-OH is 1. The summed E-state index contributed by atoms with van der Waals surface area (Å²) < 4.78 is 5.78. The van der Waals surface area contributed by atoms with Crippen LogP contribution in [0.5, 0.6) is 5.75 Å². The van der Waals surface area contributed by atoms with Crippen molar-refractivity contribution in [3.05, 3.63) is 70.3 Å². The first-order valence-electron chi connectivity index (χ1n) is 11.4. The molecule has 3 rings (SSSR count). The topological polar surface area (TPSA) is 70.1 Å². The molecule has 0 unspecified atom stereocenters. The summed E-state index contributed by atoms with van der Waals surface area (Å²) in [6.07, 6.45) is 0.864. The van der Waals surface area contributed by atoms with E-state index in [-0.39, 0.29) is 11.3 Å². The van der Waals surface area contributed by atoms with Crippen molar-refractivity contribution in [3.63, 3.8) is 0 Å². The number of rotatable bonds is 10. The third kappa shape index (κ3) is 5.57. The van der Waals surface area contributed by atoms with Crippen LogP contribution in [-0.4, -0.2) is 59.4 Å². The molecule has 1 saturated heterocycles. The molecule has 2 aromatic carbocycles. The third-order valence-corrected chi connectivity index (χ3v) is 6.11. The van der Waals surface area contributed by atoms with E-state index < -0.39 is 17.7 Å². The molecular formula is C26H31ClN2O4. The lowest BCUT2D eigenvalue weighted by atomic mass is 9.95. The molecule has 0 bridgehead atoms. The number of hydrogen-bond donors (Lipinski definition) is 1. The van der Waals surface area contributed by atoms with Gasteiger partial charge in [-0.2, -0.15) is 0 Å². The number of likely N-dealkylation sites (N-methyl/N-ethyl adjacent to an activating group) is 1. The quantitative estimate of drug-likeness (QED) is 0.304. The summed E-state index contributed by atoms with van der Waals surface area (Å²) >= 11 is 5.99. The largest absolute Gasteiger partial charge is 0.507 e. The van der Waals surface area contributed by atoms with E-state index in [9.17, 15) is 14.7 Å². The normalized spacial score (nSPS) is 17.7. The highest BCUT2D eigenvalue weighted by Gasteiger charge is 2.46. The Kier molecular flexibility index (Phi) is 8.53. The molecule has 33 heavy (non-hydrogen) atoms. The van der Waals surface area contributed by atoms with Gasteiger partial charge in [-0.25, -0.2) is 0 Å². The van der Waals surface area contributed by atoms with Crippen molar-refractivity contribution in [3.8, 4) is 5.75 Å². The van der Waals surface area contributed by atoms with E-state index in [1.165, 1.54) is 0 Å². The SMILES string of the molecule is CCCOc1cccc([C@@H]2/C(=C(\O)c3ccc(Cl)cc3)C(=O)C(=O)N2CCN(CC)CC)c1. The fraction of sp³-hybridized carbons (Fsp3) is 0.385. The van der Waals surface area contributed by atoms with Crippen LogP contribution >= 0.6 is 11.6 Å². The number of nitrogens with zero attached hydrogens (tertiary/aromatic N) is 2. The van der Waals surface area contributed by atoms with Crippen molar-refractivity contribution in [1.29, 1.82) is 0 Å². The third-order valence-electron chi connectivity index (χ3n) is 5.86. The van der Waals surface area contributed by atoms with Crippen LogP contribution < -0.4 is 4.74 Å². The minimum Gasteiger partial charge on any atom is -0.507 e. The molecule has 0 saturated carbocycles. The van der Waals surface area contributed by atoms with Crippen LogP contribution in [0.15, 0.2) is 54.1 Å². The van der Waals surface area contributed by atoms with Gasteiger partial charge in [-0.3, -0.25) is 9.59 Å². The van der Waals surface area contributed by atoms with E-state index in [1.807, 2.05) is 31.2 Å². The van der Waals surface area contributed by atoms with E-state index >= 15 is 0 Å². The molecule has 1 fully saturated rings. The Labute approximate surface area is 200 Å². The Balaban J connectivity index is 2.08. The molecule has 2 aromatic rings. The number of ketones is 1. The van der Waals surface area contributed by atoms with Crippen LogP contribution in [0.4, 0.5) is 0 Å². The molecule has 6 nitrogen and oxygen atoms in total. The Hall–Kier alpha value is -2.83. The van der Waals surface area contributed by atoms with Crippen molar-refractivity contribution >= 4 is 29.1 Å². The molecule has 1 atom stereocenters. The minimum atomic E-state index is -0.707. The Bertz CT molecular complexity index is 1020. The highest BCUT2D eigenvalue weighted by atomic mass is 35.5. The fourth-order valence-electron chi connectivity index (χ4n) is 4.00. The standard InChI is InChI=1S/C26H31ClN2O4/c1-4-16-33-21-9-7-8-19(17-21)23-22(24(30)18-10-12-20(27)13-11-18)25(31)26(32)29(23)15-14-28(5-2)6-3/h7-13,17,23,30H,4-6,14-16H2,1-3H3/b24-22+/t23-/m1/s1. The van der Waals surface area contributed by atoms with Gasteiger partial charge in [-0.15, -0.1) is 0 Å². The molecule has 1 N–H and O–H groups in total. The fourth-order valence-corrected chi connectivity index (χ4v) is 4.13. The zero-order valence-electron chi connectivity index (χ0n) is 19.4. The highest BCUT2D eigenvalue weighted by Crippen LogP contribution is 2.40. The average Bonchev–Trinajstić information content (AvgIpc) is 3.08. The van der Waals surface area contributed by atoms with Gasteiger partial charge < -0.3 is 19.6 Å². The van der Waals surface area contributed by atoms with Crippen LogP contribution in [-0.2, 0) is 9.59 Å². The number of likely N-dealkylation sites (tertiary alicyclic amines) is 1. The molecule has 1 aliphatic rings. The molecule has 0 aromatic heterocycles. The van der Waals surface area contributed by atoms with Gasteiger partial charge >= 0.3 is 0 Å². The second-order valence-corrected chi connectivity index (χ2v) is 8.38. The highest BCUT2D eigenvalue weighted by molar-refractivity contribution is 6.46. The minimum absolute atomic E-state index is 0.0783. The molecule has 1 amide bonds. The summed E-state index contributed by atoms with van der Waals surface area (Å²) in [5.41, 5.74) is 1.23. The van der Waals surface area contributed by atoms with Gasteiger partial charge in [0.05, 0.1) is 18.2 Å². The van der Waals surface area contributed by atoms with Gasteiger partial charge in [-0.1, -0.05) is 44.5 Å². The number of amides is 1. The lowest BCUT2D eigenvalue weighted by Crippen LogP contribution is -2.38. The lowest BCUT2D eigenvalue weighted by molar-refractivity contribution is -0.140. The zero-order valence-corrected chi connectivity index (χ0v) is 20.1. The molecule has 7 heteroatoms. The number of carbonyl (C=O) groups is 2. The molecule has 0 aliphatic carbocycles. The average molecular weight is 471 g/mol. The summed E-state index contributed by atoms with van der Waals surface area (Å²) in [6.45, 7) is 9.40. The monoisotopic (exact) mass is 470 g/mol. The van der Waals surface area contributed by atoms with Crippen LogP contribution in [0, 0.1) is 0 Å². The molecule has 176 valence electrons. The van der Waals surface area contributed by atoms with Crippen LogP contribution in [0.3, 0.4) is 0 Å². The predicted molar refractivity (Wildman–Crippen MR) is 130 cm³/mol. The van der Waals surface area contributed by atoms with E-state index in [0.29, 0.717) is 36.0 Å². The smallest absolute Gasteiger partial charge is 0.295 e. The molecule has 0 radical (unpaired) electrons. The number of Topliss-reactive ketones (excluding diaryl/α,β-unsaturated/α-hetero) is 1. The summed E-state index contributed by atoms with van der Waals surface area (Å²) in [4.78, 5) is 30.0. The number of hydrogen-bond acceptors (Lipinski definition) is 5. The summed E-state index contributed by atoms with van der Waals surface area (Å²) in [7, 11) is 0. The van der Waals surface area contributed by atoms with Gasteiger partial charge in [0.2, 0.25) is 0 Å². The maximum atomic E-state index is 13.1. The van der Waals surface area contributed by atoms with Crippen molar-refractivity contribution < 1.29 is 19.4 Å². The lowest BCUT2D eigenvalue weighted by Gasteiger charge is -2.28. The van der Waals surface area contributed by atoms with Crippen molar-refractivity contribution in [2.75, 3.05) is 32.8 Å². The van der Waals surface area contributed by atoms with Crippen LogP contribution in [0.25, 0.3) is 5.76 Å². The first-order chi connectivity index (χ1) is 15.9. The number of benzene rings is 2. The van der Waals surface area contributed by atoms with Crippen LogP contribution in [0.2, 0.25) is 5.02 Å². The van der Waals surface area contributed by atoms with Crippen LogP contribution in [0.1, 0.15) is 44.4 Å². The molecule has 0 spiro atoms. The molecular weight excluding hydrogens is 440 g/mol. The van der Waals surface area contributed by atoms with Crippen molar-refractivity contribution in [2.45, 2.75) is 33.2 Å². The van der Waals surface area contributed by atoms with E-state index in [2.05, 4.69) is 18.7 Å². The number of aliphatic hydroxyl groups is 1. The summed E-state index contributed by atoms with van der Waals surface area (Å²) in [6, 6.07) is 13.2. The number of carbonyl (C=O) groups excluding carboxylic acids is 2. The zero-order chi connectivity index (χ0) is 24.0. The Morgan fingerprint density at radius 1 is 1.09 bits per heavy atom. The molecule has 1 heterocycles. The number of halogens is 1. The maximum absolute atomic E-state index is 13.1. The van der Waals surface area contributed by atoms with Gasteiger partial charge in [-0.05, 0) is 61.5 Å². The van der Waals surface area contributed by atoms with Gasteiger partial charge in [0, 0.05) is 23.7 Å². The Morgan fingerprint density at radius 3 is 2.42 bits per heavy atom. The van der Waals surface area contributed by atoms with Gasteiger partial charge in [0.15, 0.2) is 0 Å². The van der Waals surface area contributed by atoms with E-state index in [4.69, 9.17) is 16.3 Å². The first kappa shape index (κ1) is 24.8. The second kappa shape index (κ2) is 11.3. The second-order valence-electron chi connectivity index (χ2n) is 7.95. The van der Waals surface area contributed by atoms with Gasteiger partial charge in [0.1, 0.15) is 11.5 Å². The summed E-state index contributed by atoms with van der Waals surface area (Å²) in [5, 5.41) is 11.6. The Morgan fingerprint density at radius 2 is 1.79 bits per heavy atom. The summed E-state index contributed by atoms with van der Waals surface area (Å²) in [5.74, 6) is -0.843. The van der Waals surface area contributed by atoms with Gasteiger partial charge in [0.25, 0.3) is 11.7 Å². The van der Waals surface area contributed by atoms with E-state index in [1.54, 1.807) is 29.2 Å². The maximum Gasteiger partial charge on any atom is 0.295 e. The van der Waals surface area contributed by atoms with E-state index in [0.717, 1.165) is 25.1 Å². The predicted octanol–water partition coefficient (Wildman–Crippen LogP) is 4.89. The van der Waals surface area contributed by atoms with Crippen molar-refractivity contribution in [1.82, 2.24) is 9.80 Å².